The van der Waals surface area contributed by atoms with Crippen LogP contribution in [0, 0.1) is 6.92 Å². The maximum absolute atomic E-state index is 4.22. The summed E-state index contributed by atoms with van der Waals surface area (Å²) in [6.45, 7) is 4.35. The van der Waals surface area contributed by atoms with Crippen molar-refractivity contribution in [3.05, 3.63) is 11.6 Å². The molecule has 0 fully saturated rings. The second kappa shape index (κ2) is 3.65. The number of hydrogen-bond donors (Lipinski definition) is 2. The molecule has 2 heterocycles. The summed E-state index contributed by atoms with van der Waals surface area (Å²) in [4.78, 5) is 4.22. The van der Waals surface area contributed by atoms with Gasteiger partial charge in [-0.25, -0.2) is 0 Å². The predicted molar refractivity (Wildman–Crippen MR) is 52.9 cm³/mol. The highest BCUT2D eigenvalue weighted by atomic mass is 15.3. The Kier molecular flexibility index (Phi) is 2.34. The Bertz CT molecular complexity index is 353. The summed E-state index contributed by atoms with van der Waals surface area (Å²) in [5.41, 5.74) is 0. The number of guanidine groups is 1. The number of aromatic nitrogens is 3. The molecule has 0 radical (unpaired) electrons. The largest absolute Gasteiger partial charge is 0.355 e. The zero-order valence-corrected chi connectivity index (χ0v) is 8.41. The quantitative estimate of drug-likeness (QED) is 0.645. The van der Waals surface area contributed by atoms with Crippen LogP contribution < -0.4 is 10.6 Å². The van der Waals surface area contributed by atoms with Gasteiger partial charge >= 0.3 is 0 Å². The van der Waals surface area contributed by atoms with Crippen molar-refractivity contribution in [2.24, 2.45) is 12.0 Å². The monoisotopic (exact) mass is 194 g/mol. The van der Waals surface area contributed by atoms with Crippen molar-refractivity contribution in [1.29, 1.82) is 0 Å². The lowest BCUT2D eigenvalue weighted by Gasteiger charge is -2.05. The van der Waals surface area contributed by atoms with Crippen LogP contribution in [0.2, 0.25) is 0 Å². The molecule has 1 aliphatic rings. The molecule has 0 saturated heterocycles. The summed E-state index contributed by atoms with van der Waals surface area (Å²) in [6.07, 6.45) is 0. The normalized spacial score (nSPS) is 15.1. The molecule has 1 aromatic rings. The van der Waals surface area contributed by atoms with E-state index in [4.69, 9.17) is 0 Å². The van der Waals surface area contributed by atoms with Gasteiger partial charge in [-0.1, -0.05) is 0 Å². The fourth-order valence-corrected chi connectivity index (χ4v) is 1.28. The molecule has 0 bridgehead atoms. The molecule has 14 heavy (non-hydrogen) atoms. The van der Waals surface area contributed by atoms with Crippen LogP contribution in [-0.4, -0.2) is 33.8 Å². The van der Waals surface area contributed by atoms with Gasteiger partial charge in [-0.05, 0) is 6.92 Å². The number of aliphatic imine (C=N–C) groups is 1. The van der Waals surface area contributed by atoms with Gasteiger partial charge in [0, 0.05) is 13.6 Å². The lowest BCUT2D eigenvalue weighted by Crippen LogP contribution is -2.33. The Morgan fingerprint density at radius 2 is 2.36 bits per heavy atom. The van der Waals surface area contributed by atoms with E-state index in [1.165, 1.54) is 0 Å². The molecule has 1 aliphatic heterocycles. The Hall–Kier alpha value is -1.59. The Morgan fingerprint density at radius 3 is 2.93 bits per heavy atom. The van der Waals surface area contributed by atoms with E-state index in [2.05, 4.69) is 25.8 Å². The van der Waals surface area contributed by atoms with Gasteiger partial charge in [0.15, 0.2) is 11.8 Å². The maximum Gasteiger partial charge on any atom is 0.191 e. The van der Waals surface area contributed by atoms with Crippen LogP contribution in [0.25, 0.3) is 0 Å². The van der Waals surface area contributed by atoms with Crippen molar-refractivity contribution in [1.82, 2.24) is 25.4 Å². The van der Waals surface area contributed by atoms with Gasteiger partial charge in [0.1, 0.15) is 5.82 Å². The third-order valence-electron chi connectivity index (χ3n) is 2.27. The van der Waals surface area contributed by atoms with Gasteiger partial charge in [0.05, 0.1) is 13.1 Å². The van der Waals surface area contributed by atoms with E-state index < -0.39 is 0 Å². The fourth-order valence-electron chi connectivity index (χ4n) is 1.28. The van der Waals surface area contributed by atoms with Crippen LogP contribution in [-0.2, 0) is 13.6 Å². The first-order valence-corrected chi connectivity index (χ1v) is 4.64. The number of hydrogen-bond acceptors (Lipinski definition) is 5. The van der Waals surface area contributed by atoms with E-state index in [1.807, 2.05) is 18.5 Å². The van der Waals surface area contributed by atoms with E-state index in [0.717, 1.165) is 30.7 Å². The van der Waals surface area contributed by atoms with E-state index in [9.17, 15) is 0 Å². The molecule has 0 amide bonds. The van der Waals surface area contributed by atoms with E-state index in [1.54, 1.807) is 0 Å². The van der Waals surface area contributed by atoms with Crippen LogP contribution >= 0.6 is 0 Å². The number of rotatable bonds is 2. The highest BCUT2D eigenvalue weighted by Gasteiger charge is 2.07. The summed E-state index contributed by atoms with van der Waals surface area (Å²) in [6, 6.07) is 0. The van der Waals surface area contributed by atoms with Crippen molar-refractivity contribution in [2.45, 2.75) is 13.5 Å². The first-order chi connectivity index (χ1) is 6.77. The highest BCUT2D eigenvalue weighted by molar-refractivity contribution is 5.81. The van der Waals surface area contributed by atoms with Gasteiger partial charge in [-0.3, -0.25) is 4.99 Å². The van der Waals surface area contributed by atoms with Gasteiger partial charge in [-0.15, -0.1) is 10.2 Å². The lowest BCUT2D eigenvalue weighted by atomic mass is 10.5. The molecule has 0 spiro atoms. The third kappa shape index (κ3) is 1.68. The molecular formula is C8H14N6. The molecule has 0 aromatic carbocycles. The van der Waals surface area contributed by atoms with Gasteiger partial charge in [-0.2, -0.15) is 0 Å². The molecule has 0 atom stereocenters. The molecule has 6 heteroatoms. The molecule has 76 valence electrons. The van der Waals surface area contributed by atoms with Crippen LogP contribution in [0.5, 0.6) is 0 Å². The maximum atomic E-state index is 4.22. The average Bonchev–Trinajstić information content (AvgIpc) is 2.77. The minimum Gasteiger partial charge on any atom is -0.355 e. The number of nitrogens with zero attached hydrogens (tertiary/aromatic N) is 4. The molecule has 2 rings (SSSR count). The summed E-state index contributed by atoms with van der Waals surface area (Å²) >= 11 is 0. The van der Waals surface area contributed by atoms with E-state index in [0.29, 0.717) is 6.54 Å². The SMILES string of the molecule is Cc1nnc(CNC2=NCCN2)n1C. The third-order valence-corrected chi connectivity index (χ3v) is 2.27. The highest BCUT2D eigenvalue weighted by Crippen LogP contribution is 1.96. The van der Waals surface area contributed by atoms with Crippen molar-refractivity contribution in [2.75, 3.05) is 13.1 Å². The van der Waals surface area contributed by atoms with Crippen molar-refractivity contribution >= 4 is 5.96 Å². The van der Waals surface area contributed by atoms with E-state index in [-0.39, 0.29) is 0 Å². The predicted octanol–water partition coefficient (Wildman–Crippen LogP) is -0.828. The van der Waals surface area contributed by atoms with Crippen molar-refractivity contribution < 1.29 is 0 Å². The van der Waals surface area contributed by atoms with E-state index >= 15 is 0 Å². The summed E-state index contributed by atoms with van der Waals surface area (Å²) in [7, 11) is 1.95. The van der Waals surface area contributed by atoms with Crippen molar-refractivity contribution in [3.63, 3.8) is 0 Å². The zero-order chi connectivity index (χ0) is 9.97. The molecule has 0 aliphatic carbocycles. The Balaban J connectivity index is 1.94. The minimum atomic E-state index is 0.656. The fraction of sp³-hybridized carbons (Fsp3) is 0.625. The van der Waals surface area contributed by atoms with Gasteiger partial charge in [0.25, 0.3) is 0 Å². The molecule has 6 nitrogen and oxygen atoms in total. The van der Waals surface area contributed by atoms with Crippen LogP contribution in [0.15, 0.2) is 4.99 Å². The van der Waals surface area contributed by atoms with Crippen LogP contribution in [0.3, 0.4) is 0 Å². The number of nitrogens with one attached hydrogen (secondary N) is 2. The second-order valence-electron chi connectivity index (χ2n) is 3.23. The summed E-state index contributed by atoms with van der Waals surface area (Å²) in [5.74, 6) is 2.69. The molecule has 2 N–H and O–H groups in total. The summed E-state index contributed by atoms with van der Waals surface area (Å²) in [5, 5.41) is 14.3. The van der Waals surface area contributed by atoms with Gasteiger partial charge in [0.2, 0.25) is 0 Å². The van der Waals surface area contributed by atoms with Crippen LogP contribution in [0.4, 0.5) is 0 Å². The molecule has 0 unspecified atom stereocenters. The second-order valence-corrected chi connectivity index (χ2v) is 3.23. The summed E-state index contributed by atoms with van der Waals surface area (Å²) < 4.78 is 1.96. The first-order valence-electron chi connectivity index (χ1n) is 4.64. The Morgan fingerprint density at radius 1 is 1.50 bits per heavy atom. The minimum absolute atomic E-state index is 0.656. The smallest absolute Gasteiger partial charge is 0.191 e. The average molecular weight is 194 g/mol. The van der Waals surface area contributed by atoms with Crippen molar-refractivity contribution in [3.8, 4) is 0 Å². The zero-order valence-electron chi connectivity index (χ0n) is 8.41. The van der Waals surface area contributed by atoms with Gasteiger partial charge < -0.3 is 15.2 Å². The first kappa shape index (κ1) is 8.98. The van der Waals surface area contributed by atoms with Crippen LogP contribution in [0.1, 0.15) is 11.6 Å². The Labute approximate surface area is 82.4 Å². The molecule has 1 aromatic heterocycles. The molecule has 0 saturated carbocycles. The molecular weight excluding hydrogens is 180 g/mol. The topological polar surface area (TPSA) is 67.1 Å². The number of aryl methyl sites for hydroxylation is 1. The lowest BCUT2D eigenvalue weighted by molar-refractivity contribution is 0.729. The standard InChI is InChI=1S/C8H14N6/c1-6-12-13-7(14(6)2)5-11-8-9-3-4-10-8/h3-5H2,1-2H3,(H2,9,10,11).